The topological polar surface area (TPSA) is 49.0 Å². The van der Waals surface area contributed by atoms with E-state index in [1.807, 2.05) is 19.9 Å². The Hall–Kier alpha value is -2.40. The molecule has 1 atom stereocenters. The molecule has 0 saturated carbocycles. The molecule has 3 rings (SSSR count). The number of rotatable bonds is 8. The van der Waals surface area contributed by atoms with Crippen molar-refractivity contribution in [3.05, 3.63) is 47.0 Å². The molecule has 27 heavy (non-hydrogen) atoms. The van der Waals surface area contributed by atoms with Crippen LogP contribution >= 0.6 is 0 Å². The van der Waals surface area contributed by atoms with E-state index >= 15 is 0 Å². The molecule has 0 fully saturated rings. The third kappa shape index (κ3) is 4.30. The van der Waals surface area contributed by atoms with E-state index < -0.39 is 0 Å². The van der Waals surface area contributed by atoms with E-state index in [4.69, 9.17) is 18.9 Å². The summed E-state index contributed by atoms with van der Waals surface area (Å²) in [7, 11) is 3.35. The summed E-state index contributed by atoms with van der Waals surface area (Å²) in [6.07, 6.45) is 1.86. The summed E-state index contributed by atoms with van der Waals surface area (Å²) in [4.78, 5) is 0. The van der Waals surface area contributed by atoms with E-state index in [0.717, 1.165) is 42.4 Å². The van der Waals surface area contributed by atoms with E-state index in [2.05, 4.69) is 29.6 Å². The van der Waals surface area contributed by atoms with Crippen LogP contribution in [0.2, 0.25) is 0 Å². The lowest BCUT2D eigenvalue weighted by Gasteiger charge is -2.28. The highest BCUT2D eigenvalue weighted by atomic mass is 16.5. The summed E-state index contributed by atoms with van der Waals surface area (Å²) in [5.74, 6) is 3.16. The highest BCUT2D eigenvalue weighted by molar-refractivity contribution is 5.50. The summed E-state index contributed by atoms with van der Waals surface area (Å²) in [5, 5.41) is 3.64. The highest BCUT2D eigenvalue weighted by Gasteiger charge is 2.23. The summed E-state index contributed by atoms with van der Waals surface area (Å²) in [5.41, 5.74) is 3.80. The Bertz CT molecular complexity index is 775. The number of nitrogens with one attached hydrogen (secondary N) is 1. The molecule has 2 aromatic rings. The van der Waals surface area contributed by atoms with Crippen LogP contribution in [0.3, 0.4) is 0 Å². The Kier molecular flexibility index (Phi) is 6.45. The molecule has 0 aromatic heterocycles. The van der Waals surface area contributed by atoms with Gasteiger partial charge in [0, 0.05) is 6.04 Å². The van der Waals surface area contributed by atoms with Gasteiger partial charge in [-0.15, -0.1) is 0 Å². The fourth-order valence-corrected chi connectivity index (χ4v) is 3.61. The zero-order chi connectivity index (χ0) is 19.2. The average molecular weight is 371 g/mol. The molecular weight excluding hydrogens is 342 g/mol. The molecule has 0 saturated heterocycles. The second-order valence-corrected chi connectivity index (χ2v) is 6.51. The molecule has 2 aromatic carbocycles. The molecule has 5 nitrogen and oxygen atoms in total. The first-order valence-electron chi connectivity index (χ1n) is 9.56. The third-order valence-electron chi connectivity index (χ3n) is 4.85. The minimum Gasteiger partial charge on any atom is -0.493 e. The lowest BCUT2D eigenvalue weighted by atomic mass is 9.89. The minimum absolute atomic E-state index is 0.223. The molecule has 0 aliphatic carbocycles. The quantitative estimate of drug-likeness (QED) is 0.762. The fraction of sp³-hybridized carbons (Fsp3) is 0.455. The summed E-state index contributed by atoms with van der Waals surface area (Å²) in [6, 6.07) is 10.6. The Labute approximate surface area is 161 Å². The lowest BCUT2D eigenvalue weighted by molar-refractivity contribution is 0.309. The summed E-state index contributed by atoms with van der Waals surface area (Å²) >= 11 is 0. The number of ether oxygens (including phenoxy) is 4. The van der Waals surface area contributed by atoms with Crippen molar-refractivity contribution in [2.45, 2.75) is 32.7 Å². The van der Waals surface area contributed by atoms with Gasteiger partial charge in [-0.2, -0.15) is 0 Å². The summed E-state index contributed by atoms with van der Waals surface area (Å²) in [6.45, 7) is 6.16. The maximum Gasteiger partial charge on any atom is 0.161 e. The van der Waals surface area contributed by atoms with Gasteiger partial charge in [-0.05, 0) is 74.2 Å². The van der Waals surface area contributed by atoms with Crippen LogP contribution in [0, 0.1) is 0 Å². The predicted octanol–water partition coefficient (Wildman–Crippen LogP) is 3.93. The van der Waals surface area contributed by atoms with Crippen molar-refractivity contribution in [3.63, 3.8) is 0 Å². The highest BCUT2D eigenvalue weighted by Crippen LogP contribution is 2.37. The Balaban J connectivity index is 1.88. The van der Waals surface area contributed by atoms with Crippen LogP contribution in [0.25, 0.3) is 0 Å². The normalized spacial score (nSPS) is 15.8. The van der Waals surface area contributed by atoms with Crippen LogP contribution in [0.5, 0.6) is 23.0 Å². The molecule has 0 spiro atoms. The van der Waals surface area contributed by atoms with Gasteiger partial charge in [0.1, 0.15) is 0 Å². The monoisotopic (exact) mass is 371 g/mol. The molecule has 146 valence electrons. The number of methoxy groups -OCH3 is 2. The van der Waals surface area contributed by atoms with Gasteiger partial charge in [-0.25, -0.2) is 0 Å². The molecule has 1 aliphatic heterocycles. The average Bonchev–Trinajstić information content (AvgIpc) is 2.68. The maximum atomic E-state index is 5.74. The van der Waals surface area contributed by atoms with E-state index in [9.17, 15) is 0 Å². The standard InChI is InChI=1S/C22H29NO4/c1-5-26-21-12-15(7-8-19(21)24-3)11-18-17-14-20(25-4)22(27-6-2)13-16(17)9-10-23-18/h7-8,12-14,18,23H,5-6,9-11H2,1-4H3/t18-/m1/s1. The van der Waals surface area contributed by atoms with E-state index in [-0.39, 0.29) is 6.04 Å². The molecule has 0 unspecified atom stereocenters. The van der Waals surface area contributed by atoms with Crippen LogP contribution in [0.1, 0.15) is 36.6 Å². The number of fused-ring (bicyclic) bond motifs is 1. The predicted molar refractivity (Wildman–Crippen MR) is 106 cm³/mol. The summed E-state index contributed by atoms with van der Waals surface area (Å²) < 4.78 is 22.4. The van der Waals surface area contributed by atoms with Crippen molar-refractivity contribution in [2.75, 3.05) is 34.0 Å². The first-order valence-corrected chi connectivity index (χ1v) is 9.56. The smallest absolute Gasteiger partial charge is 0.161 e. The van der Waals surface area contributed by atoms with Crippen LogP contribution in [-0.4, -0.2) is 34.0 Å². The van der Waals surface area contributed by atoms with Crippen LogP contribution < -0.4 is 24.3 Å². The van der Waals surface area contributed by atoms with Crippen molar-refractivity contribution in [1.82, 2.24) is 5.32 Å². The van der Waals surface area contributed by atoms with Gasteiger partial charge in [0.05, 0.1) is 27.4 Å². The van der Waals surface area contributed by atoms with Crippen molar-refractivity contribution in [3.8, 4) is 23.0 Å². The zero-order valence-corrected chi connectivity index (χ0v) is 16.6. The Morgan fingerprint density at radius 2 is 1.59 bits per heavy atom. The molecule has 0 amide bonds. The van der Waals surface area contributed by atoms with Crippen LogP contribution in [-0.2, 0) is 12.8 Å². The molecule has 0 bridgehead atoms. The zero-order valence-electron chi connectivity index (χ0n) is 16.6. The van der Waals surface area contributed by atoms with Crippen molar-refractivity contribution in [2.24, 2.45) is 0 Å². The SMILES string of the molecule is CCOc1cc(C[C@H]2NCCc3cc(OCC)c(OC)cc32)ccc1OC. The fourth-order valence-electron chi connectivity index (χ4n) is 3.61. The van der Waals surface area contributed by atoms with Crippen molar-refractivity contribution in [1.29, 1.82) is 0 Å². The van der Waals surface area contributed by atoms with E-state index in [0.29, 0.717) is 13.2 Å². The van der Waals surface area contributed by atoms with Gasteiger partial charge < -0.3 is 24.3 Å². The van der Waals surface area contributed by atoms with Crippen LogP contribution in [0.15, 0.2) is 30.3 Å². The minimum atomic E-state index is 0.223. The first kappa shape index (κ1) is 19.4. The van der Waals surface area contributed by atoms with Crippen LogP contribution in [0.4, 0.5) is 0 Å². The molecule has 1 heterocycles. The van der Waals surface area contributed by atoms with Gasteiger partial charge >= 0.3 is 0 Å². The number of hydrogen-bond donors (Lipinski definition) is 1. The van der Waals surface area contributed by atoms with E-state index in [1.165, 1.54) is 16.7 Å². The lowest BCUT2D eigenvalue weighted by Crippen LogP contribution is -2.31. The Morgan fingerprint density at radius 1 is 0.889 bits per heavy atom. The largest absolute Gasteiger partial charge is 0.493 e. The van der Waals surface area contributed by atoms with Gasteiger partial charge in [0.25, 0.3) is 0 Å². The van der Waals surface area contributed by atoms with Gasteiger partial charge in [-0.3, -0.25) is 0 Å². The molecule has 0 radical (unpaired) electrons. The molecule has 1 aliphatic rings. The molecular formula is C22H29NO4. The van der Waals surface area contributed by atoms with Crippen molar-refractivity contribution >= 4 is 0 Å². The number of hydrogen-bond acceptors (Lipinski definition) is 5. The van der Waals surface area contributed by atoms with Crippen molar-refractivity contribution < 1.29 is 18.9 Å². The molecule has 1 N–H and O–H groups in total. The van der Waals surface area contributed by atoms with Gasteiger partial charge in [0.15, 0.2) is 23.0 Å². The van der Waals surface area contributed by atoms with E-state index in [1.54, 1.807) is 14.2 Å². The first-order chi connectivity index (χ1) is 13.2. The molecule has 5 heteroatoms. The van der Waals surface area contributed by atoms with Gasteiger partial charge in [0.2, 0.25) is 0 Å². The Morgan fingerprint density at radius 3 is 2.26 bits per heavy atom. The number of benzene rings is 2. The third-order valence-corrected chi connectivity index (χ3v) is 4.85. The maximum absolute atomic E-state index is 5.74. The second kappa shape index (κ2) is 9.00. The second-order valence-electron chi connectivity index (χ2n) is 6.51. The van der Waals surface area contributed by atoms with Gasteiger partial charge in [-0.1, -0.05) is 6.07 Å².